The largest absolute Gasteiger partial charge is 0.372 e. The molecule has 2 aromatic rings. The second kappa shape index (κ2) is 5.32. The number of anilines is 1. The normalized spacial score (nSPS) is 14.3. The number of amides is 2. The van der Waals surface area contributed by atoms with Gasteiger partial charge in [-0.15, -0.1) is 0 Å². The Balaban J connectivity index is 1.82. The first-order chi connectivity index (χ1) is 9.75. The molecule has 2 amide bonds. The molecule has 5 heteroatoms. The first-order valence-corrected chi connectivity index (χ1v) is 6.31. The van der Waals surface area contributed by atoms with E-state index in [1.54, 1.807) is 6.07 Å². The number of hydroxylamine groups is 3. The summed E-state index contributed by atoms with van der Waals surface area (Å²) >= 11 is 0. The van der Waals surface area contributed by atoms with Gasteiger partial charge in [0.1, 0.15) is 6.61 Å². The lowest BCUT2D eigenvalue weighted by Gasteiger charge is -2.32. The average molecular weight is 270 g/mol. The Hall–Kier alpha value is -2.37. The Morgan fingerprint density at radius 3 is 2.55 bits per heavy atom. The van der Waals surface area contributed by atoms with E-state index in [-0.39, 0.29) is 13.2 Å². The highest BCUT2D eigenvalue weighted by Gasteiger charge is 2.30. The highest BCUT2D eigenvalue weighted by Crippen LogP contribution is 2.28. The van der Waals surface area contributed by atoms with E-state index in [0.717, 1.165) is 16.2 Å². The monoisotopic (exact) mass is 270 g/mol. The maximum absolute atomic E-state index is 12.0. The Labute approximate surface area is 116 Å². The number of hydrogen-bond acceptors (Lipinski definition) is 3. The fourth-order valence-electron chi connectivity index (χ4n) is 2.12. The van der Waals surface area contributed by atoms with E-state index in [4.69, 9.17) is 4.84 Å². The van der Waals surface area contributed by atoms with Gasteiger partial charge in [0.15, 0.2) is 0 Å². The minimum Gasteiger partial charge on any atom is -0.284 e. The highest BCUT2D eigenvalue weighted by molar-refractivity contribution is 5.92. The van der Waals surface area contributed by atoms with Crippen LogP contribution in [0.25, 0.3) is 0 Å². The zero-order chi connectivity index (χ0) is 13.9. The third kappa shape index (κ3) is 2.36. The Morgan fingerprint density at radius 2 is 1.75 bits per heavy atom. The van der Waals surface area contributed by atoms with Crippen molar-refractivity contribution in [2.45, 2.75) is 13.2 Å². The minimum atomic E-state index is -0.584. The van der Waals surface area contributed by atoms with Gasteiger partial charge in [0.25, 0.3) is 0 Å². The molecule has 1 aliphatic rings. The van der Waals surface area contributed by atoms with Crippen molar-refractivity contribution < 1.29 is 14.8 Å². The molecule has 0 fully saturated rings. The van der Waals surface area contributed by atoms with E-state index in [1.165, 1.54) is 0 Å². The molecule has 3 rings (SSSR count). The molecule has 1 N–H and O–H groups in total. The van der Waals surface area contributed by atoms with E-state index in [1.807, 2.05) is 48.5 Å². The molecule has 20 heavy (non-hydrogen) atoms. The van der Waals surface area contributed by atoms with Crippen molar-refractivity contribution in [1.82, 2.24) is 5.06 Å². The lowest BCUT2D eigenvalue weighted by Crippen LogP contribution is -2.45. The fourth-order valence-corrected chi connectivity index (χ4v) is 2.12. The summed E-state index contributed by atoms with van der Waals surface area (Å²) in [5.74, 6) is 0. The third-order valence-electron chi connectivity index (χ3n) is 3.13. The summed E-state index contributed by atoms with van der Waals surface area (Å²) in [6, 6.07) is 16.3. The minimum absolute atomic E-state index is 0.167. The predicted molar refractivity (Wildman–Crippen MR) is 72.9 cm³/mol. The number of carbonyl (C=O) groups excluding carboxylic acids is 1. The lowest BCUT2D eigenvalue weighted by molar-refractivity contribution is -0.0655. The molecule has 0 aromatic heterocycles. The van der Waals surface area contributed by atoms with Crippen LogP contribution < -0.4 is 5.06 Å². The number of benzene rings is 2. The molecular weight excluding hydrogens is 256 g/mol. The van der Waals surface area contributed by atoms with Gasteiger partial charge in [0, 0.05) is 5.56 Å². The fraction of sp³-hybridized carbons (Fsp3) is 0.133. The number of carbonyl (C=O) groups is 1. The van der Waals surface area contributed by atoms with E-state index >= 15 is 0 Å². The first-order valence-electron chi connectivity index (χ1n) is 6.31. The van der Waals surface area contributed by atoms with Crippen molar-refractivity contribution in [3.05, 3.63) is 65.7 Å². The molecule has 1 aliphatic heterocycles. The molecule has 5 nitrogen and oxygen atoms in total. The summed E-state index contributed by atoms with van der Waals surface area (Å²) in [5, 5.41) is 11.4. The van der Waals surface area contributed by atoms with E-state index in [2.05, 4.69) is 0 Å². The number of fused-ring (bicyclic) bond motifs is 1. The summed E-state index contributed by atoms with van der Waals surface area (Å²) in [6.07, 6.45) is 0. The van der Waals surface area contributed by atoms with Gasteiger partial charge in [-0.25, -0.2) is 4.79 Å². The molecular formula is C15H14N2O3. The van der Waals surface area contributed by atoms with E-state index in [0.29, 0.717) is 10.8 Å². The number of urea groups is 1. The maximum Gasteiger partial charge on any atom is 0.372 e. The van der Waals surface area contributed by atoms with Crippen molar-refractivity contribution >= 4 is 11.7 Å². The summed E-state index contributed by atoms with van der Waals surface area (Å²) in [6.45, 7) is 0.426. The zero-order valence-electron chi connectivity index (χ0n) is 10.8. The van der Waals surface area contributed by atoms with Crippen LogP contribution in [0.1, 0.15) is 11.1 Å². The van der Waals surface area contributed by atoms with Gasteiger partial charge in [-0.1, -0.05) is 48.5 Å². The summed E-state index contributed by atoms with van der Waals surface area (Å²) < 4.78 is 0. The van der Waals surface area contributed by atoms with Gasteiger partial charge < -0.3 is 0 Å². The van der Waals surface area contributed by atoms with Gasteiger partial charge >= 0.3 is 6.03 Å². The standard InChI is InChI=1S/C15H14N2O3/c18-15-16(19)10-13-8-4-5-9-14(13)17(15)20-11-12-6-2-1-3-7-12/h1-9,19H,10-11H2. The van der Waals surface area contributed by atoms with Crippen LogP contribution in [-0.2, 0) is 18.0 Å². The van der Waals surface area contributed by atoms with Crippen LogP contribution in [0.2, 0.25) is 0 Å². The summed E-state index contributed by atoms with van der Waals surface area (Å²) in [7, 11) is 0. The summed E-state index contributed by atoms with van der Waals surface area (Å²) in [4.78, 5) is 17.5. The summed E-state index contributed by atoms with van der Waals surface area (Å²) in [5.41, 5.74) is 2.45. The average Bonchev–Trinajstić information content (AvgIpc) is 2.49. The number of hydrogen-bond donors (Lipinski definition) is 1. The smallest absolute Gasteiger partial charge is 0.284 e. The van der Waals surface area contributed by atoms with Gasteiger partial charge in [-0.2, -0.15) is 10.1 Å². The third-order valence-corrected chi connectivity index (χ3v) is 3.13. The van der Waals surface area contributed by atoms with Crippen LogP contribution in [0, 0.1) is 0 Å². The quantitative estimate of drug-likeness (QED) is 0.872. The molecule has 0 spiro atoms. The Morgan fingerprint density at radius 1 is 1.05 bits per heavy atom. The molecule has 1 heterocycles. The molecule has 0 saturated carbocycles. The maximum atomic E-state index is 12.0. The zero-order valence-corrected chi connectivity index (χ0v) is 10.8. The van der Waals surface area contributed by atoms with E-state index in [9.17, 15) is 10.0 Å². The van der Waals surface area contributed by atoms with Crippen molar-refractivity contribution in [2.75, 3.05) is 5.06 Å². The van der Waals surface area contributed by atoms with Crippen LogP contribution in [0.4, 0.5) is 10.5 Å². The van der Waals surface area contributed by atoms with Crippen molar-refractivity contribution in [1.29, 1.82) is 0 Å². The SMILES string of the molecule is O=C1N(O)Cc2ccccc2N1OCc1ccccc1. The molecule has 0 radical (unpaired) electrons. The van der Waals surface area contributed by atoms with Crippen LogP contribution >= 0.6 is 0 Å². The molecule has 2 aromatic carbocycles. The second-order valence-corrected chi connectivity index (χ2v) is 4.52. The van der Waals surface area contributed by atoms with E-state index < -0.39 is 6.03 Å². The molecule has 0 saturated heterocycles. The van der Waals surface area contributed by atoms with Crippen molar-refractivity contribution in [3.63, 3.8) is 0 Å². The molecule has 0 atom stereocenters. The van der Waals surface area contributed by atoms with Gasteiger partial charge in [-0.05, 0) is 11.6 Å². The van der Waals surface area contributed by atoms with Gasteiger partial charge in [0.05, 0.1) is 12.2 Å². The van der Waals surface area contributed by atoms with Gasteiger partial charge in [-0.3, -0.25) is 10.0 Å². The van der Waals surface area contributed by atoms with Crippen molar-refractivity contribution in [2.24, 2.45) is 0 Å². The topological polar surface area (TPSA) is 53.0 Å². The van der Waals surface area contributed by atoms with Gasteiger partial charge in [0.2, 0.25) is 0 Å². The number of rotatable bonds is 3. The van der Waals surface area contributed by atoms with Crippen LogP contribution in [0.3, 0.4) is 0 Å². The van der Waals surface area contributed by atoms with Crippen LogP contribution in [0.15, 0.2) is 54.6 Å². The first kappa shape index (κ1) is 12.7. The molecule has 0 bridgehead atoms. The second-order valence-electron chi connectivity index (χ2n) is 4.52. The molecule has 0 aliphatic carbocycles. The Bertz CT molecular complexity index is 616. The highest BCUT2D eigenvalue weighted by atomic mass is 16.7. The number of nitrogens with zero attached hydrogens (tertiary/aromatic N) is 2. The predicted octanol–water partition coefficient (Wildman–Crippen LogP) is 2.95. The van der Waals surface area contributed by atoms with Crippen molar-refractivity contribution in [3.8, 4) is 0 Å². The lowest BCUT2D eigenvalue weighted by atomic mass is 10.1. The molecule has 0 unspecified atom stereocenters. The molecule has 102 valence electrons. The Kier molecular flexibility index (Phi) is 3.37. The van der Waals surface area contributed by atoms with Crippen LogP contribution in [-0.4, -0.2) is 16.3 Å². The van der Waals surface area contributed by atoms with Crippen LogP contribution in [0.5, 0.6) is 0 Å². The number of para-hydroxylation sites is 1.